The van der Waals surface area contributed by atoms with Gasteiger partial charge < -0.3 is 15.4 Å². The molecule has 1 aromatic carbocycles. The molecule has 1 saturated heterocycles. The highest BCUT2D eigenvalue weighted by atomic mass is 16.5. The molecule has 0 bridgehead atoms. The Hall–Kier alpha value is -2.41. The number of carbonyl (C=O) groups is 3. The number of hydrogen-bond donors (Lipinski definition) is 2. The molecular weight excluding hydrogens is 322 g/mol. The van der Waals surface area contributed by atoms with Gasteiger partial charge in [-0.2, -0.15) is 0 Å². The first-order valence-electron chi connectivity index (χ1n) is 8.67. The van der Waals surface area contributed by atoms with Crippen LogP contribution in [0, 0.1) is 5.92 Å². The van der Waals surface area contributed by atoms with Gasteiger partial charge in [-0.3, -0.25) is 14.5 Å². The van der Waals surface area contributed by atoms with Gasteiger partial charge in [0.25, 0.3) is 5.91 Å². The molecule has 0 spiro atoms. The predicted molar refractivity (Wildman–Crippen MR) is 90.9 cm³/mol. The van der Waals surface area contributed by atoms with E-state index in [1.54, 1.807) is 24.3 Å². The summed E-state index contributed by atoms with van der Waals surface area (Å²) in [5.74, 6) is 0.254. The second kappa shape index (κ2) is 8.11. The van der Waals surface area contributed by atoms with Gasteiger partial charge in [-0.25, -0.2) is 4.79 Å². The fourth-order valence-electron chi connectivity index (χ4n) is 2.67. The number of amides is 4. The van der Waals surface area contributed by atoms with E-state index in [0.29, 0.717) is 24.3 Å². The van der Waals surface area contributed by atoms with E-state index in [1.165, 1.54) is 12.8 Å². The van der Waals surface area contributed by atoms with Crippen molar-refractivity contribution >= 4 is 17.8 Å². The van der Waals surface area contributed by atoms with Crippen LogP contribution < -0.4 is 10.6 Å². The third-order valence-corrected chi connectivity index (χ3v) is 4.33. The summed E-state index contributed by atoms with van der Waals surface area (Å²) in [6.45, 7) is 2.09. The Morgan fingerprint density at radius 2 is 2.08 bits per heavy atom. The lowest BCUT2D eigenvalue weighted by molar-refractivity contribution is -0.125. The van der Waals surface area contributed by atoms with Crippen LogP contribution in [0.1, 0.15) is 35.2 Å². The monoisotopic (exact) mass is 345 g/mol. The number of nitrogens with one attached hydrogen (secondary N) is 2. The van der Waals surface area contributed by atoms with E-state index in [1.807, 2.05) is 0 Å². The quantitative estimate of drug-likeness (QED) is 0.521. The fraction of sp³-hybridized carbons (Fsp3) is 0.500. The lowest BCUT2D eigenvalue weighted by atomic mass is 10.1. The summed E-state index contributed by atoms with van der Waals surface area (Å²) in [5, 5.41) is 5.34. The van der Waals surface area contributed by atoms with Crippen molar-refractivity contribution in [2.24, 2.45) is 5.92 Å². The Kier molecular flexibility index (Phi) is 5.65. The minimum atomic E-state index is -0.423. The third-order valence-electron chi connectivity index (χ3n) is 4.33. The Labute approximate surface area is 146 Å². The van der Waals surface area contributed by atoms with Crippen molar-refractivity contribution in [3.8, 4) is 0 Å². The maximum absolute atomic E-state index is 12.4. The fourth-order valence-corrected chi connectivity index (χ4v) is 2.67. The molecule has 2 N–H and O–H groups in total. The van der Waals surface area contributed by atoms with Crippen molar-refractivity contribution in [3.05, 3.63) is 35.4 Å². The van der Waals surface area contributed by atoms with Gasteiger partial charge in [0.1, 0.15) is 0 Å². The predicted octanol–water partition coefficient (Wildman–Crippen LogP) is 1.28. The largest absolute Gasteiger partial charge is 0.381 e. The van der Waals surface area contributed by atoms with Crippen molar-refractivity contribution in [2.75, 3.05) is 26.3 Å². The summed E-state index contributed by atoms with van der Waals surface area (Å²) >= 11 is 0. The first-order chi connectivity index (χ1) is 12.1. The molecule has 0 unspecified atom stereocenters. The van der Waals surface area contributed by atoms with Crippen LogP contribution in [0.4, 0.5) is 4.79 Å². The zero-order chi connectivity index (χ0) is 17.6. The standard InChI is InChI=1S/C18H23N3O4/c22-16-10-20-18(24)21(16)11-14-4-1-2-5-15(14)17(23)19-8-3-9-25-12-13-6-7-13/h1-2,4-5,13H,3,6-12H2,(H,19,23)(H,20,24). The average molecular weight is 345 g/mol. The van der Waals surface area contributed by atoms with Gasteiger partial charge in [-0.05, 0) is 36.8 Å². The number of ether oxygens (including phenoxy) is 1. The Morgan fingerprint density at radius 3 is 2.80 bits per heavy atom. The van der Waals surface area contributed by atoms with Gasteiger partial charge in [-0.1, -0.05) is 18.2 Å². The van der Waals surface area contributed by atoms with Crippen LogP contribution in [0.3, 0.4) is 0 Å². The smallest absolute Gasteiger partial charge is 0.324 e. The number of rotatable bonds is 9. The number of imide groups is 1. The highest BCUT2D eigenvalue weighted by Gasteiger charge is 2.29. The molecule has 2 aliphatic rings. The van der Waals surface area contributed by atoms with Gasteiger partial charge >= 0.3 is 6.03 Å². The molecule has 4 amide bonds. The van der Waals surface area contributed by atoms with Crippen LogP contribution in [0.15, 0.2) is 24.3 Å². The molecule has 3 rings (SSSR count). The van der Waals surface area contributed by atoms with Gasteiger partial charge in [0.2, 0.25) is 5.91 Å². The number of nitrogens with zero attached hydrogens (tertiary/aromatic N) is 1. The number of carbonyl (C=O) groups excluding carboxylic acids is 3. The van der Waals surface area contributed by atoms with E-state index < -0.39 is 6.03 Å². The Bertz CT molecular complexity index is 641. The third kappa shape index (κ3) is 4.79. The molecule has 7 heteroatoms. The van der Waals surface area contributed by atoms with Crippen molar-refractivity contribution < 1.29 is 19.1 Å². The van der Waals surface area contributed by atoms with Crippen molar-refractivity contribution in [3.63, 3.8) is 0 Å². The van der Waals surface area contributed by atoms with E-state index in [0.717, 1.165) is 23.8 Å². The molecule has 1 saturated carbocycles. The molecule has 7 nitrogen and oxygen atoms in total. The first-order valence-corrected chi connectivity index (χ1v) is 8.67. The summed E-state index contributed by atoms with van der Waals surface area (Å²) in [5.41, 5.74) is 1.13. The van der Waals surface area contributed by atoms with Crippen LogP contribution in [-0.4, -0.2) is 49.0 Å². The molecular formula is C18H23N3O4. The van der Waals surface area contributed by atoms with Crippen LogP contribution >= 0.6 is 0 Å². The van der Waals surface area contributed by atoms with Gasteiger partial charge in [0, 0.05) is 25.3 Å². The van der Waals surface area contributed by atoms with Gasteiger partial charge in [0.15, 0.2) is 0 Å². The zero-order valence-corrected chi connectivity index (χ0v) is 14.1. The zero-order valence-electron chi connectivity index (χ0n) is 14.1. The molecule has 1 aromatic rings. The van der Waals surface area contributed by atoms with Crippen LogP contribution in [0.2, 0.25) is 0 Å². The van der Waals surface area contributed by atoms with E-state index >= 15 is 0 Å². The number of benzene rings is 1. The summed E-state index contributed by atoms with van der Waals surface area (Å²) in [7, 11) is 0. The highest BCUT2D eigenvalue weighted by Crippen LogP contribution is 2.28. The summed E-state index contributed by atoms with van der Waals surface area (Å²) in [6.07, 6.45) is 3.30. The molecule has 1 aliphatic heterocycles. The lowest BCUT2D eigenvalue weighted by Gasteiger charge is -2.15. The average Bonchev–Trinajstić information content (AvgIpc) is 3.39. The van der Waals surface area contributed by atoms with E-state index in [4.69, 9.17) is 4.74 Å². The molecule has 0 atom stereocenters. The summed E-state index contributed by atoms with van der Waals surface area (Å²) in [6, 6.07) is 6.59. The van der Waals surface area contributed by atoms with E-state index in [2.05, 4.69) is 10.6 Å². The minimum Gasteiger partial charge on any atom is -0.381 e. The van der Waals surface area contributed by atoms with Gasteiger partial charge in [0.05, 0.1) is 13.1 Å². The minimum absolute atomic E-state index is 0.00799. The van der Waals surface area contributed by atoms with Crippen molar-refractivity contribution in [1.82, 2.24) is 15.5 Å². The molecule has 0 aromatic heterocycles. The topological polar surface area (TPSA) is 87.7 Å². The second-order valence-corrected chi connectivity index (χ2v) is 6.42. The molecule has 1 aliphatic carbocycles. The van der Waals surface area contributed by atoms with Gasteiger partial charge in [-0.15, -0.1) is 0 Å². The van der Waals surface area contributed by atoms with Crippen molar-refractivity contribution in [2.45, 2.75) is 25.8 Å². The van der Waals surface area contributed by atoms with Crippen LogP contribution in [-0.2, 0) is 16.1 Å². The SMILES string of the molecule is O=C(NCCCOCC1CC1)c1ccccc1CN1C(=O)CNC1=O. The molecule has 25 heavy (non-hydrogen) atoms. The maximum atomic E-state index is 12.4. The maximum Gasteiger partial charge on any atom is 0.324 e. The summed E-state index contributed by atoms with van der Waals surface area (Å²) < 4.78 is 5.54. The lowest BCUT2D eigenvalue weighted by Crippen LogP contribution is -2.32. The van der Waals surface area contributed by atoms with E-state index in [-0.39, 0.29) is 24.9 Å². The van der Waals surface area contributed by atoms with Crippen molar-refractivity contribution in [1.29, 1.82) is 0 Å². The molecule has 134 valence electrons. The highest BCUT2D eigenvalue weighted by molar-refractivity contribution is 6.02. The molecule has 1 heterocycles. The van der Waals surface area contributed by atoms with Crippen LogP contribution in [0.25, 0.3) is 0 Å². The van der Waals surface area contributed by atoms with E-state index in [9.17, 15) is 14.4 Å². The molecule has 2 fully saturated rings. The second-order valence-electron chi connectivity index (χ2n) is 6.42. The number of urea groups is 1. The Morgan fingerprint density at radius 1 is 1.28 bits per heavy atom. The summed E-state index contributed by atoms with van der Waals surface area (Å²) in [4.78, 5) is 36.9. The molecule has 0 radical (unpaired) electrons. The first kappa shape index (κ1) is 17.4. The normalized spacial score (nSPS) is 16.9. The Balaban J connectivity index is 1.49. The van der Waals surface area contributed by atoms with Crippen LogP contribution in [0.5, 0.6) is 0 Å². The number of hydrogen-bond acceptors (Lipinski definition) is 4.